The molecule has 0 heterocycles. The van der Waals surface area contributed by atoms with Gasteiger partial charge in [-0.2, -0.15) is 12.7 Å². The van der Waals surface area contributed by atoms with E-state index in [0.717, 1.165) is 0 Å². The fraction of sp³-hybridized carbons (Fsp3) is 1.00. The summed E-state index contributed by atoms with van der Waals surface area (Å²) in [6.07, 6.45) is 0. The Labute approximate surface area is 82.6 Å². The lowest BCUT2D eigenvalue weighted by molar-refractivity contribution is 0.403. The van der Waals surface area contributed by atoms with Gasteiger partial charge in [-0.15, -0.1) is 0 Å². The zero-order valence-corrected chi connectivity index (χ0v) is 9.94. The van der Waals surface area contributed by atoms with Gasteiger partial charge in [-0.05, 0) is 13.8 Å². The predicted molar refractivity (Wildman–Crippen MR) is 53.6 cm³/mol. The highest BCUT2D eigenvalue weighted by molar-refractivity contribution is 9.09. The standard InChI is InChI=1S/C6H15BrN2O2S/c1-6(2)9(3)12(10,11)8-5-4-7/h6,8H,4-5H2,1-3H3. The molecular weight excluding hydrogens is 244 g/mol. The molecule has 0 rings (SSSR count). The van der Waals surface area contributed by atoms with E-state index < -0.39 is 10.2 Å². The Hall–Kier alpha value is 0.350. The Morgan fingerprint density at radius 3 is 2.33 bits per heavy atom. The third-order valence-corrected chi connectivity index (χ3v) is 3.63. The predicted octanol–water partition coefficient (Wildman–Crippen LogP) is 0.556. The normalized spacial score (nSPS) is 12.8. The number of rotatable bonds is 5. The van der Waals surface area contributed by atoms with Crippen LogP contribution in [-0.4, -0.2) is 37.7 Å². The van der Waals surface area contributed by atoms with Crippen LogP contribution in [0.15, 0.2) is 0 Å². The number of nitrogens with one attached hydrogen (secondary N) is 1. The van der Waals surface area contributed by atoms with Gasteiger partial charge < -0.3 is 0 Å². The van der Waals surface area contributed by atoms with Crippen molar-refractivity contribution in [3.05, 3.63) is 0 Å². The van der Waals surface area contributed by atoms with Crippen molar-refractivity contribution in [3.8, 4) is 0 Å². The summed E-state index contributed by atoms with van der Waals surface area (Å²) in [5.41, 5.74) is 0. The van der Waals surface area contributed by atoms with Crippen molar-refractivity contribution in [1.29, 1.82) is 0 Å². The highest BCUT2D eigenvalue weighted by Crippen LogP contribution is 1.99. The quantitative estimate of drug-likeness (QED) is 0.733. The molecule has 6 heteroatoms. The number of hydrogen-bond donors (Lipinski definition) is 1. The van der Waals surface area contributed by atoms with E-state index in [0.29, 0.717) is 11.9 Å². The molecule has 0 aliphatic heterocycles. The maximum absolute atomic E-state index is 11.3. The minimum Gasteiger partial charge on any atom is -0.201 e. The number of hydrogen-bond acceptors (Lipinski definition) is 2. The Balaban J connectivity index is 4.21. The topological polar surface area (TPSA) is 49.4 Å². The second kappa shape index (κ2) is 5.16. The number of nitrogens with zero attached hydrogens (tertiary/aromatic N) is 1. The van der Waals surface area contributed by atoms with E-state index in [1.165, 1.54) is 4.31 Å². The fourth-order valence-corrected chi connectivity index (χ4v) is 2.13. The smallest absolute Gasteiger partial charge is 0.201 e. The molecule has 0 bridgehead atoms. The van der Waals surface area contributed by atoms with Crippen LogP contribution in [0.3, 0.4) is 0 Å². The molecule has 0 atom stereocenters. The van der Waals surface area contributed by atoms with E-state index in [-0.39, 0.29) is 6.04 Å². The molecule has 1 N–H and O–H groups in total. The zero-order valence-electron chi connectivity index (χ0n) is 7.54. The van der Waals surface area contributed by atoms with Crippen LogP contribution in [-0.2, 0) is 10.2 Å². The zero-order chi connectivity index (χ0) is 9.78. The molecule has 74 valence electrons. The molecule has 0 unspecified atom stereocenters. The van der Waals surface area contributed by atoms with Crippen LogP contribution in [0.5, 0.6) is 0 Å². The van der Waals surface area contributed by atoms with Gasteiger partial charge in [0.1, 0.15) is 0 Å². The summed E-state index contributed by atoms with van der Waals surface area (Å²) in [4.78, 5) is 0. The third kappa shape index (κ3) is 3.84. The van der Waals surface area contributed by atoms with Crippen molar-refractivity contribution in [3.63, 3.8) is 0 Å². The maximum Gasteiger partial charge on any atom is 0.279 e. The lowest BCUT2D eigenvalue weighted by Gasteiger charge is -2.20. The molecule has 0 amide bonds. The lowest BCUT2D eigenvalue weighted by atomic mass is 10.4. The second-order valence-corrected chi connectivity index (χ2v) is 5.31. The van der Waals surface area contributed by atoms with E-state index in [1.54, 1.807) is 7.05 Å². The molecule has 0 aromatic heterocycles. The van der Waals surface area contributed by atoms with Crippen molar-refractivity contribution in [1.82, 2.24) is 9.03 Å². The van der Waals surface area contributed by atoms with Crippen molar-refractivity contribution < 1.29 is 8.42 Å². The summed E-state index contributed by atoms with van der Waals surface area (Å²) in [6, 6.07) is -0.0159. The molecule has 4 nitrogen and oxygen atoms in total. The summed E-state index contributed by atoms with van der Waals surface area (Å²) in [5.74, 6) is 0. The molecule has 0 aliphatic rings. The fourth-order valence-electron chi connectivity index (χ4n) is 0.547. The third-order valence-electron chi connectivity index (χ3n) is 1.49. The first-order valence-electron chi connectivity index (χ1n) is 3.70. The monoisotopic (exact) mass is 258 g/mol. The average molecular weight is 259 g/mol. The Bertz CT molecular complexity index is 216. The highest BCUT2D eigenvalue weighted by Gasteiger charge is 2.18. The molecule has 0 aliphatic carbocycles. The van der Waals surface area contributed by atoms with Crippen LogP contribution >= 0.6 is 15.9 Å². The van der Waals surface area contributed by atoms with Gasteiger partial charge in [-0.1, -0.05) is 15.9 Å². The van der Waals surface area contributed by atoms with Gasteiger partial charge in [-0.25, -0.2) is 4.72 Å². The summed E-state index contributed by atoms with van der Waals surface area (Å²) >= 11 is 3.14. The van der Waals surface area contributed by atoms with Gasteiger partial charge in [0.05, 0.1) is 0 Å². The van der Waals surface area contributed by atoms with E-state index in [9.17, 15) is 8.42 Å². The molecule has 0 saturated heterocycles. The van der Waals surface area contributed by atoms with Crippen LogP contribution in [0.1, 0.15) is 13.8 Å². The summed E-state index contributed by atoms with van der Waals surface area (Å²) < 4.78 is 26.4. The van der Waals surface area contributed by atoms with Crippen LogP contribution in [0.2, 0.25) is 0 Å². The first kappa shape index (κ1) is 12.3. The molecule has 0 aromatic rings. The molecule has 12 heavy (non-hydrogen) atoms. The van der Waals surface area contributed by atoms with Gasteiger partial charge in [0.2, 0.25) is 0 Å². The first-order valence-corrected chi connectivity index (χ1v) is 6.26. The van der Waals surface area contributed by atoms with Gasteiger partial charge in [-0.3, -0.25) is 0 Å². The number of alkyl halides is 1. The van der Waals surface area contributed by atoms with Crippen LogP contribution in [0, 0.1) is 0 Å². The molecular formula is C6H15BrN2O2S. The summed E-state index contributed by atoms with van der Waals surface area (Å²) in [7, 11) is -1.71. The van der Waals surface area contributed by atoms with E-state index >= 15 is 0 Å². The average Bonchev–Trinajstić information content (AvgIpc) is 1.99. The van der Waals surface area contributed by atoms with Crippen molar-refractivity contribution in [2.75, 3.05) is 18.9 Å². The largest absolute Gasteiger partial charge is 0.279 e. The second-order valence-electron chi connectivity index (χ2n) is 2.70. The summed E-state index contributed by atoms with van der Waals surface area (Å²) in [5, 5.41) is 0.623. The minimum atomic E-state index is -3.27. The van der Waals surface area contributed by atoms with Crippen molar-refractivity contribution in [2.45, 2.75) is 19.9 Å². The number of halogens is 1. The molecule has 0 saturated carbocycles. The van der Waals surface area contributed by atoms with Crippen molar-refractivity contribution in [2.24, 2.45) is 0 Å². The molecule has 0 spiro atoms. The molecule has 0 fully saturated rings. The maximum atomic E-state index is 11.3. The summed E-state index contributed by atoms with van der Waals surface area (Å²) in [6.45, 7) is 4.07. The van der Waals surface area contributed by atoms with Gasteiger partial charge >= 0.3 is 0 Å². The van der Waals surface area contributed by atoms with Gasteiger partial charge in [0.15, 0.2) is 0 Å². The van der Waals surface area contributed by atoms with E-state index in [1.807, 2.05) is 13.8 Å². The molecule has 0 aromatic carbocycles. The van der Waals surface area contributed by atoms with Crippen molar-refractivity contribution >= 4 is 26.1 Å². The Morgan fingerprint density at radius 1 is 1.50 bits per heavy atom. The Morgan fingerprint density at radius 2 is 2.00 bits per heavy atom. The molecule has 0 radical (unpaired) electrons. The highest BCUT2D eigenvalue weighted by atomic mass is 79.9. The van der Waals surface area contributed by atoms with Gasteiger partial charge in [0.25, 0.3) is 10.2 Å². The van der Waals surface area contributed by atoms with E-state index in [4.69, 9.17) is 0 Å². The van der Waals surface area contributed by atoms with Crippen LogP contribution < -0.4 is 4.72 Å². The van der Waals surface area contributed by atoms with Gasteiger partial charge in [0, 0.05) is 25.0 Å². The SMILES string of the molecule is CC(C)N(C)S(=O)(=O)NCCBr. The van der Waals surface area contributed by atoms with Crippen LogP contribution in [0.25, 0.3) is 0 Å². The Kier molecular flexibility index (Phi) is 5.31. The van der Waals surface area contributed by atoms with E-state index in [2.05, 4.69) is 20.7 Å². The first-order chi connectivity index (χ1) is 5.41. The minimum absolute atomic E-state index is 0.0159. The lowest BCUT2D eigenvalue weighted by Crippen LogP contribution is -2.42. The van der Waals surface area contributed by atoms with Crippen LogP contribution in [0.4, 0.5) is 0 Å².